The van der Waals surface area contributed by atoms with Gasteiger partial charge in [-0.15, -0.1) is 0 Å². The summed E-state index contributed by atoms with van der Waals surface area (Å²) in [4.78, 5) is 14.1. The van der Waals surface area contributed by atoms with Crippen molar-refractivity contribution in [3.05, 3.63) is 42.4 Å². The molecule has 2 heterocycles. The Labute approximate surface area is 121 Å². The van der Waals surface area contributed by atoms with E-state index in [1.54, 1.807) is 10.9 Å². The van der Waals surface area contributed by atoms with Crippen LogP contribution in [0.15, 0.2) is 36.8 Å². The number of aryl methyl sites for hydroxylation is 1. The number of rotatable bonds is 4. The maximum Gasteiger partial charge on any atom is 0.320 e. The van der Waals surface area contributed by atoms with Gasteiger partial charge in [-0.25, -0.2) is 0 Å². The molecule has 1 atom stereocenters. The topological polar surface area (TPSA) is 96.9 Å². The van der Waals surface area contributed by atoms with Crippen molar-refractivity contribution in [1.29, 1.82) is 0 Å². The smallest absolute Gasteiger partial charge is 0.320 e. The molecule has 4 N–H and O–H groups in total. The van der Waals surface area contributed by atoms with E-state index in [9.17, 15) is 4.79 Å². The van der Waals surface area contributed by atoms with E-state index >= 15 is 0 Å². The van der Waals surface area contributed by atoms with Crippen LogP contribution in [0.5, 0.6) is 0 Å². The number of H-pyrrole nitrogens is 1. The molecule has 0 bridgehead atoms. The van der Waals surface area contributed by atoms with E-state index < -0.39 is 12.0 Å². The van der Waals surface area contributed by atoms with Gasteiger partial charge in [0.2, 0.25) is 0 Å². The molecule has 21 heavy (non-hydrogen) atoms. The van der Waals surface area contributed by atoms with Crippen molar-refractivity contribution >= 4 is 16.9 Å². The lowest BCUT2D eigenvalue weighted by Crippen LogP contribution is -2.32. The van der Waals surface area contributed by atoms with Gasteiger partial charge in [-0.1, -0.05) is 18.2 Å². The number of carboxylic acids is 1. The molecule has 0 spiro atoms. The first kappa shape index (κ1) is 13.4. The van der Waals surface area contributed by atoms with Crippen LogP contribution in [0, 0.1) is 0 Å². The third kappa shape index (κ3) is 2.41. The van der Waals surface area contributed by atoms with Gasteiger partial charge in [0.05, 0.1) is 11.7 Å². The van der Waals surface area contributed by atoms with Crippen molar-refractivity contribution in [2.24, 2.45) is 12.8 Å². The molecule has 0 aliphatic heterocycles. The monoisotopic (exact) mass is 284 g/mol. The van der Waals surface area contributed by atoms with Crippen molar-refractivity contribution in [2.45, 2.75) is 12.5 Å². The highest BCUT2D eigenvalue weighted by Crippen LogP contribution is 2.29. The van der Waals surface area contributed by atoms with Crippen LogP contribution in [0.4, 0.5) is 0 Å². The summed E-state index contributed by atoms with van der Waals surface area (Å²) in [6.07, 6.45) is 5.87. The van der Waals surface area contributed by atoms with Gasteiger partial charge in [0.15, 0.2) is 0 Å². The highest BCUT2D eigenvalue weighted by Gasteiger charge is 2.16. The summed E-state index contributed by atoms with van der Waals surface area (Å²) in [5, 5.41) is 14.1. The molecular formula is C15H16N4O2. The molecule has 6 heteroatoms. The largest absolute Gasteiger partial charge is 0.480 e. The van der Waals surface area contributed by atoms with Gasteiger partial charge in [-0.05, 0) is 5.56 Å². The van der Waals surface area contributed by atoms with E-state index in [-0.39, 0.29) is 0 Å². The van der Waals surface area contributed by atoms with Crippen LogP contribution in [-0.2, 0) is 18.3 Å². The molecule has 3 aromatic rings. The van der Waals surface area contributed by atoms with E-state index in [2.05, 4.69) is 10.1 Å². The lowest BCUT2D eigenvalue weighted by Gasteiger charge is -2.05. The van der Waals surface area contributed by atoms with Gasteiger partial charge in [0, 0.05) is 42.4 Å². The van der Waals surface area contributed by atoms with E-state index in [1.807, 2.05) is 37.6 Å². The molecular weight excluding hydrogens is 268 g/mol. The maximum absolute atomic E-state index is 10.9. The Morgan fingerprint density at radius 1 is 1.52 bits per heavy atom. The number of carbonyl (C=O) groups is 1. The normalized spacial score (nSPS) is 12.7. The number of aliphatic carboxylic acids is 1. The molecule has 0 saturated carbocycles. The van der Waals surface area contributed by atoms with Gasteiger partial charge in [0.1, 0.15) is 6.04 Å². The van der Waals surface area contributed by atoms with Crippen LogP contribution in [0.2, 0.25) is 0 Å². The Morgan fingerprint density at radius 2 is 2.33 bits per heavy atom. The number of hydrogen-bond donors (Lipinski definition) is 3. The number of nitrogens with zero attached hydrogens (tertiary/aromatic N) is 2. The van der Waals surface area contributed by atoms with Crippen molar-refractivity contribution in [3.63, 3.8) is 0 Å². The van der Waals surface area contributed by atoms with Crippen LogP contribution in [-0.4, -0.2) is 31.9 Å². The van der Waals surface area contributed by atoms with Gasteiger partial charge < -0.3 is 15.8 Å². The summed E-state index contributed by atoms with van der Waals surface area (Å²) >= 11 is 0. The minimum Gasteiger partial charge on any atom is -0.480 e. The fourth-order valence-corrected chi connectivity index (χ4v) is 2.51. The minimum atomic E-state index is -0.993. The zero-order valence-electron chi connectivity index (χ0n) is 11.6. The van der Waals surface area contributed by atoms with Crippen molar-refractivity contribution in [3.8, 4) is 11.1 Å². The second kappa shape index (κ2) is 5.06. The zero-order valence-corrected chi connectivity index (χ0v) is 11.6. The Hall–Kier alpha value is -2.60. The molecule has 108 valence electrons. The van der Waals surface area contributed by atoms with Crippen molar-refractivity contribution < 1.29 is 9.90 Å². The molecule has 6 nitrogen and oxygen atoms in total. The summed E-state index contributed by atoms with van der Waals surface area (Å²) in [6.45, 7) is 0. The molecule has 3 rings (SSSR count). The summed E-state index contributed by atoms with van der Waals surface area (Å²) in [6, 6.07) is 5.03. The average molecular weight is 284 g/mol. The molecule has 2 aromatic heterocycles. The molecule has 0 radical (unpaired) electrons. The second-order valence-corrected chi connectivity index (χ2v) is 5.09. The lowest BCUT2D eigenvalue weighted by atomic mass is 10.0. The number of hydrogen-bond acceptors (Lipinski definition) is 3. The van der Waals surface area contributed by atoms with Crippen LogP contribution in [0.3, 0.4) is 0 Å². The highest BCUT2D eigenvalue weighted by atomic mass is 16.4. The maximum atomic E-state index is 10.9. The van der Waals surface area contributed by atoms with Crippen LogP contribution in [0.1, 0.15) is 5.56 Å². The number of nitrogens with one attached hydrogen (secondary N) is 1. The van der Waals surface area contributed by atoms with E-state index in [4.69, 9.17) is 10.8 Å². The van der Waals surface area contributed by atoms with Gasteiger partial charge in [-0.2, -0.15) is 5.10 Å². The van der Waals surface area contributed by atoms with E-state index in [1.165, 1.54) is 0 Å². The number of fused-ring (bicyclic) bond motifs is 1. The molecule has 0 unspecified atom stereocenters. The highest BCUT2D eigenvalue weighted by molar-refractivity contribution is 5.96. The first-order valence-electron chi connectivity index (χ1n) is 6.62. The quantitative estimate of drug-likeness (QED) is 0.676. The Kier molecular flexibility index (Phi) is 3.23. The number of aromatic amines is 1. The predicted molar refractivity (Wildman–Crippen MR) is 79.8 cm³/mol. The number of para-hydroxylation sites is 1. The predicted octanol–water partition coefficient (Wildman–Crippen LogP) is 1.52. The Balaban J connectivity index is 2.06. The van der Waals surface area contributed by atoms with Gasteiger partial charge in [-0.3, -0.25) is 9.48 Å². The van der Waals surface area contributed by atoms with Crippen LogP contribution >= 0.6 is 0 Å². The fraction of sp³-hybridized carbons (Fsp3) is 0.200. The van der Waals surface area contributed by atoms with Gasteiger partial charge >= 0.3 is 5.97 Å². The van der Waals surface area contributed by atoms with Gasteiger partial charge in [0.25, 0.3) is 0 Å². The summed E-state index contributed by atoms with van der Waals surface area (Å²) in [7, 11) is 1.87. The minimum absolute atomic E-state index is 0.297. The van der Waals surface area contributed by atoms with E-state index in [0.717, 1.165) is 27.6 Å². The number of nitrogens with two attached hydrogens (primary N) is 1. The van der Waals surface area contributed by atoms with Crippen molar-refractivity contribution in [1.82, 2.24) is 14.8 Å². The molecule has 1 aromatic carbocycles. The molecule has 0 amide bonds. The fourth-order valence-electron chi connectivity index (χ4n) is 2.51. The summed E-state index contributed by atoms with van der Waals surface area (Å²) in [5.41, 5.74) is 9.55. The molecule has 0 aliphatic carbocycles. The third-order valence-corrected chi connectivity index (χ3v) is 3.57. The summed E-state index contributed by atoms with van der Waals surface area (Å²) < 4.78 is 1.75. The first-order chi connectivity index (χ1) is 10.1. The standard InChI is InChI=1S/C15H16N4O2/c1-19-8-10(7-18-19)12-4-2-3-11-9(6-17-14(11)12)5-13(16)15(20)21/h2-4,6-8,13,17H,5,16H2,1H3,(H,20,21)/t13-/m0/s1. The molecule has 0 aliphatic rings. The first-order valence-corrected chi connectivity index (χ1v) is 6.62. The molecule has 0 saturated heterocycles. The number of aromatic nitrogens is 3. The third-order valence-electron chi connectivity index (χ3n) is 3.57. The second-order valence-electron chi connectivity index (χ2n) is 5.09. The Morgan fingerprint density at radius 3 is 3.00 bits per heavy atom. The lowest BCUT2D eigenvalue weighted by molar-refractivity contribution is -0.138. The average Bonchev–Trinajstić information content (AvgIpc) is 3.05. The SMILES string of the molecule is Cn1cc(-c2cccc3c(C[C@H](N)C(=O)O)c[nH]c23)cn1. The van der Waals surface area contributed by atoms with E-state index in [0.29, 0.717) is 6.42 Å². The van der Waals surface area contributed by atoms with Crippen LogP contribution < -0.4 is 5.73 Å². The van der Waals surface area contributed by atoms with Crippen LogP contribution in [0.25, 0.3) is 22.0 Å². The van der Waals surface area contributed by atoms with Crippen molar-refractivity contribution in [2.75, 3.05) is 0 Å². The summed E-state index contributed by atoms with van der Waals surface area (Å²) in [5.74, 6) is -0.993. The number of carboxylic acid groups (broad SMARTS) is 1. The number of benzene rings is 1. The zero-order chi connectivity index (χ0) is 15.0. The Bertz CT molecular complexity index is 803. The molecule has 0 fully saturated rings.